The summed E-state index contributed by atoms with van der Waals surface area (Å²) in [4.78, 5) is 2.74. The molecule has 2 aliphatic carbocycles. The molecule has 1 heterocycles. The van der Waals surface area contributed by atoms with Gasteiger partial charge in [-0.2, -0.15) is 0 Å². The summed E-state index contributed by atoms with van der Waals surface area (Å²) in [7, 11) is 0. The molecular weight excluding hydrogens is 561 g/mol. The molecule has 12 rings (SSSR count). The summed E-state index contributed by atoms with van der Waals surface area (Å²) in [5, 5.41) is 16.5. The molecule has 0 radical (unpaired) electrons. The summed E-state index contributed by atoms with van der Waals surface area (Å²) in [5.41, 5.74) is 10.9. The van der Waals surface area contributed by atoms with Gasteiger partial charge in [0, 0.05) is 20.9 Å². The van der Waals surface area contributed by atoms with Crippen molar-refractivity contribution in [3.63, 3.8) is 0 Å². The molecule has 0 bridgehead atoms. The summed E-state index contributed by atoms with van der Waals surface area (Å²) >= 11 is 1.94. The Morgan fingerprint density at radius 2 is 0.978 bits per heavy atom. The van der Waals surface area contributed by atoms with Gasteiger partial charge in [-0.3, -0.25) is 0 Å². The Kier molecular flexibility index (Phi) is 3.96. The Morgan fingerprint density at radius 3 is 1.87 bits per heavy atom. The lowest BCUT2D eigenvalue weighted by molar-refractivity contribution is 1.70. The molecular formula is C44H22S. The van der Waals surface area contributed by atoms with E-state index in [0.717, 1.165) is 0 Å². The largest absolute Gasteiger partial charge is 0.135 e. The van der Waals surface area contributed by atoms with Crippen LogP contribution in [0.25, 0.3) is 119 Å². The van der Waals surface area contributed by atoms with Crippen LogP contribution in [-0.4, -0.2) is 0 Å². The second-order valence-electron chi connectivity index (χ2n) is 12.7. The van der Waals surface area contributed by atoms with Gasteiger partial charge in [0.15, 0.2) is 0 Å². The van der Waals surface area contributed by atoms with E-state index in [-0.39, 0.29) is 0 Å². The summed E-state index contributed by atoms with van der Waals surface area (Å²) in [6.07, 6.45) is 0. The fraction of sp³-hybridized carbons (Fsp3) is 0. The summed E-state index contributed by atoms with van der Waals surface area (Å²) in [5.74, 6) is 0. The molecule has 0 atom stereocenters. The number of rotatable bonds is 1. The van der Waals surface area contributed by atoms with Crippen molar-refractivity contribution in [2.45, 2.75) is 0 Å². The van der Waals surface area contributed by atoms with Crippen LogP contribution >= 0.6 is 11.3 Å². The van der Waals surface area contributed by atoms with Gasteiger partial charge in [0.2, 0.25) is 0 Å². The van der Waals surface area contributed by atoms with E-state index in [1.807, 2.05) is 11.3 Å². The number of hydrogen-bond acceptors (Lipinski definition) is 1. The van der Waals surface area contributed by atoms with Crippen LogP contribution in [0, 0.1) is 0 Å². The van der Waals surface area contributed by atoms with Gasteiger partial charge in [0.05, 0.1) is 0 Å². The Labute approximate surface area is 262 Å². The molecule has 0 saturated carbocycles. The predicted molar refractivity (Wildman–Crippen MR) is 195 cm³/mol. The van der Waals surface area contributed by atoms with Crippen LogP contribution in [0.4, 0.5) is 0 Å². The maximum atomic E-state index is 2.44. The number of hydrogen-bond donors (Lipinski definition) is 0. The van der Waals surface area contributed by atoms with E-state index in [2.05, 4.69) is 133 Å². The highest BCUT2D eigenvalue weighted by Crippen LogP contribution is 2.59. The molecule has 10 aromatic rings. The lowest BCUT2D eigenvalue weighted by atomic mass is 9.83. The highest BCUT2D eigenvalue weighted by atomic mass is 32.1. The first-order chi connectivity index (χ1) is 22.3. The van der Waals surface area contributed by atoms with Gasteiger partial charge in [-0.1, -0.05) is 121 Å². The predicted octanol–water partition coefficient (Wildman–Crippen LogP) is 13.1. The first-order valence-electron chi connectivity index (χ1n) is 15.7. The molecule has 0 saturated heterocycles. The lowest BCUT2D eigenvalue weighted by Crippen LogP contribution is -1.91. The molecule has 204 valence electrons. The minimum Gasteiger partial charge on any atom is -0.135 e. The van der Waals surface area contributed by atoms with E-state index in [1.54, 1.807) is 0 Å². The second-order valence-corrected chi connectivity index (χ2v) is 13.8. The van der Waals surface area contributed by atoms with E-state index >= 15 is 0 Å². The number of fused-ring (bicyclic) bond motifs is 12. The first kappa shape index (κ1) is 23.0. The molecule has 0 N–H and O–H groups in total. The van der Waals surface area contributed by atoms with Crippen LogP contribution < -0.4 is 0 Å². The molecule has 45 heavy (non-hydrogen) atoms. The third-order valence-electron chi connectivity index (χ3n) is 10.7. The Bertz CT molecular complexity index is 2940. The van der Waals surface area contributed by atoms with E-state index < -0.39 is 0 Å². The van der Waals surface area contributed by atoms with Crippen LogP contribution in [0.2, 0.25) is 0 Å². The normalized spacial score (nSPS) is 12.9. The summed E-state index contributed by atoms with van der Waals surface area (Å²) in [6.45, 7) is 0. The summed E-state index contributed by atoms with van der Waals surface area (Å²) < 4.78 is 0. The molecule has 0 amide bonds. The molecule has 1 heteroatoms. The van der Waals surface area contributed by atoms with Gasteiger partial charge in [0.25, 0.3) is 0 Å². The number of benzene rings is 9. The van der Waals surface area contributed by atoms with Gasteiger partial charge < -0.3 is 0 Å². The highest BCUT2D eigenvalue weighted by Gasteiger charge is 2.31. The minimum absolute atomic E-state index is 1.29. The topological polar surface area (TPSA) is 0 Å². The van der Waals surface area contributed by atoms with Crippen LogP contribution in [-0.2, 0) is 0 Å². The lowest BCUT2D eigenvalue weighted by Gasteiger charge is -2.19. The smallest absolute Gasteiger partial charge is 0.0434 e. The van der Waals surface area contributed by atoms with Crippen molar-refractivity contribution in [2.75, 3.05) is 0 Å². The zero-order valence-electron chi connectivity index (χ0n) is 24.1. The Morgan fingerprint density at radius 1 is 0.333 bits per heavy atom. The fourth-order valence-electron chi connectivity index (χ4n) is 8.87. The van der Waals surface area contributed by atoms with Gasteiger partial charge in [-0.25, -0.2) is 0 Å². The van der Waals surface area contributed by atoms with Gasteiger partial charge >= 0.3 is 0 Å². The van der Waals surface area contributed by atoms with Crippen LogP contribution in [0.5, 0.6) is 0 Å². The second kappa shape index (κ2) is 7.77. The van der Waals surface area contributed by atoms with Crippen molar-refractivity contribution in [3.8, 4) is 54.3 Å². The average molecular weight is 583 g/mol. The van der Waals surface area contributed by atoms with Gasteiger partial charge in [-0.05, 0) is 110 Å². The molecule has 0 spiro atoms. The molecule has 0 unspecified atom stereocenters. The zero-order chi connectivity index (χ0) is 29.0. The van der Waals surface area contributed by atoms with Crippen molar-refractivity contribution in [1.82, 2.24) is 0 Å². The van der Waals surface area contributed by atoms with Crippen molar-refractivity contribution in [1.29, 1.82) is 0 Å². The van der Waals surface area contributed by atoms with Crippen molar-refractivity contribution >= 4 is 76.0 Å². The SMILES string of the molecule is c1ccc2c(c1)-c1ccc3c4ccc5c6c(ccc(c64)c4c6ccccc6c-2c1c34)-c1cc(-c2ccc3ccccc3c2)sc1-5. The maximum Gasteiger partial charge on any atom is 0.0434 e. The maximum absolute atomic E-state index is 2.44. The monoisotopic (exact) mass is 582 g/mol. The first-order valence-corrected chi connectivity index (χ1v) is 16.5. The van der Waals surface area contributed by atoms with Gasteiger partial charge in [-0.15, -0.1) is 11.3 Å². The third-order valence-corrected chi connectivity index (χ3v) is 11.9. The molecule has 1 aromatic heterocycles. The van der Waals surface area contributed by atoms with Crippen LogP contribution in [0.3, 0.4) is 0 Å². The van der Waals surface area contributed by atoms with E-state index in [4.69, 9.17) is 0 Å². The van der Waals surface area contributed by atoms with Gasteiger partial charge in [0.1, 0.15) is 0 Å². The minimum atomic E-state index is 1.29. The van der Waals surface area contributed by atoms with Crippen molar-refractivity contribution < 1.29 is 0 Å². The third kappa shape index (κ3) is 2.64. The molecule has 0 nitrogen and oxygen atoms in total. The fourth-order valence-corrected chi connectivity index (χ4v) is 10.1. The quantitative estimate of drug-likeness (QED) is 0.133. The summed E-state index contributed by atoms with van der Waals surface area (Å²) in [6, 6.07) is 50.4. The Balaban J connectivity index is 1.20. The van der Waals surface area contributed by atoms with Crippen molar-refractivity contribution in [3.05, 3.63) is 133 Å². The van der Waals surface area contributed by atoms with E-state index in [1.165, 1.54) is 119 Å². The number of thiophene rings is 1. The molecule has 2 aliphatic rings. The molecule has 9 aromatic carbocycles. The Hall–Kier alpha value is -5.50. The molecule has 0 fully saturated rings. The average Bonchev–Trinajstić information content (AvgIpc) is 3.77. The highest BCUT2D eigenvalue weighted by molar-refractivity contribution is 7.19. The standard InChI is InChI=1S/C44H22S/c1-2-8-24-21-25(14-13-23(24)7-1)37-22-36-33-17-19-34-39-31(18-20-35(41(33)39)44(36)45-37)32-16-15-30-26-9-3-4-10-27(26)38-28-11-5-6-12-29(28)40(34)43(32)42(30)38/h1-22H. The zero-order valence-corrected chi connectivity index (χ0v) is 24.9. The van der Waals surface area contributed by atoms with Crippen LogP contribution in [0.15, 0.2) is 133 Å². The van der Waals surface area contributed by atoms with Crippen molar-refractivity contribution in [2.24, 2.45) is 0 Å². The van der Waals surface area contributed by atoms with E-state index in [9.17, 15) is 0 Å². The molecule has 0 aliphatic heterocycles. The van der Waals surface area contributed by atoms with E-state index in [0.29, 0.717) is 0 Å². The van der Waals surface area contributed by atoms with Crippen LogP contribution in [0.1, 0.15) is 0 Å².